The van der Waals surface area contributed by atoms with Gasteiger partial charge >= 0.3 is 0 Å². The Balaban J connectivity index is 2.89. The van der Waals surface area contributed by atoms with E-state index >= 15 is 0 Å². The summed E-state index contributed by atoms with van der Waals surface area (Å²) in [4.78, 5) is 15.1. The quantitative estimate of drug-likeness (QED) is 0.763. The zero-order valence-electron chi connectivity index (χ0n) is 8.75. The summed E-state index contributed by atoms with van der Waals surface area (Å²) in [5, 5.41) is 0. The van der Waals surface area contributed by atoms with Crippen LogP contribution in [0.4, 0.5) is 8.78 Å². The van der Waals surface area contributed by atoms with Crippen molar-refractivity contribution >= 4 is 0 Å². The van der Waals surface area contributed by atoms with Crippen LogP contribution in [0.1, 0.15) is 12.5 Å². The smallest absolute Gasteiger partial charge is 0.299 e. The maximum absolute atomic E-state index is 12.5. The summed E-state index contributed by atoms with van der Waals surface area (Å²) in [7, 11) is 1.42. The van der Waals surface area contributed by atoms with Gasteiger partial charge in [-0.05, 0) is 6.92 Å². The summed E-state index contributed by atoms with van der Waals surface area (Å²) in [6.07, 6.45) is 1.30. The summed E-state index contributed by atoms with van der Waals surface area (Å²) < 4.78 is 30.8. The Morgan fingerprint density at radius 2 is 2.20 bits per heavy atom. The molecule has 0 radical (unpaired) electrons. The van der Waals surface area contributed by atoms with Crippen molar-refractivity contribution in [1.82, 2.24) is 9.55 Å². The normalized spacial score (nSPS) is 11.5. The van der Waals surface area contributed by atoms with E-state index in [1.54, 1.807) is 6.92 Å². The Bertz CT molecular complexity index is 410. The van der Waals surface area contributed by atoms with E-state index in [2.05, 4.69) is 4.98 Å². The lowest BCUT2D eigenvalue weighted by Gasteiger charge is -2.13. The van der Waals surface area contributed by atoms with Gasteiger partial charge in [-0.3, -0.25) is 9.36 Å². The average Bonchev–Trinajstić information content (AvgIpc) is 2.12. The first-order valence-electron chi connectivity index (χ1n) is 4.34. The Morgan fingerprint density at radius 1 is 1.60 bits per heavy atom. The summed E-state index contributed by atoms with van der Waals surface area (Å²) in [6.45, 7) is 1.53. The Morgan fingerprint density at radius 3 is 2.73 bits per heavy atom. The number of aromatic nitrogens is 2. The van der Waals surface area contributed by atoms with E-state index in [1.165, 1.54) is 13.2 Å². The van der Waals surface area contributed by atoms with Crippen LogP contribution in [0.15, 0.2) is 11.0 Å². The zero-order chi connectivity index (χ0) is 11.6. The number of rotatable bonds is 3. The fourth-order valence-corrected chi connectivity index (χ4v) is 0.971. The number of hydrogen-bond donors (Lipinski definition) is 0. The van der Waals surface area contributed by atoms with Crippen molar-refractivity contribution in [3.05, 3.63) is 22.1 Å². The zero-order valence-corrected chi connectivity index (χ0v) is 8.75. The molecule has 0 N–H and O–H groups in total. The highest BCUT2D eigenvalue weighted by Crippen LogP contribution is 2.13. The molecule has 6 heteroatoms. The highest BCUT2D eigenvalue weighted by molar-refractivity contribution is 5.07. The highest BCUT2D eigenvalue weighted by Gasteiger charge is 2.23. The number of ether oxygens (including phenoxy) is 1. The minimum Gasteiger partial charge on any atom is -0.458 e. The summed E-state index contributed by atoms with van der Waals surface area (Å²) in [6, 6.07) is -0.105. The largest absolute Gasteiger partial charge is 0.458 e. The standard InChI is InChI=1S/C9H12F2N2O2/c1-6-4-12-8(13(3)7(6)14)15-5-9(2,10)11/h4H,5H2,1-3H3. The minimum absolute atomic E-state index is 0.105. The van der Waals surface area contributed by atoms with Gasteiger partial charge in [0, 0.05) is 25.7 Å². The SMILES string of the molecule is Cc1cnc(OCC(C)(F)F)n(C)c1=O. The van der Waals surface area contributed by atoms with Crippen LogP contribution in [-0.4, -0.2) is 22.1 Å². The van der Waals surface area contributed by atoms with Crippen molar-refractivity contribution in [2.24, 2.45) is 7.05 Å². The molecule has 1 aromatic rings. The predicted octanol–water partition coefficient (Wildman–Crippen LogP) is 1.12. The van der Waals surface area contributed by atoms with Gasteiger partial charge < -0.3 is 4.74 Å². The number of aryl methyl sites for hydroxylation is 1. The summed E-state index contributed by atoms with van der Waals surface area (Å²) in [5.74, 6) is -2.94. The highest BCUT2D eigenvalue weighted by atomic mass is 19.3. The first kappa shape index (κ1) is 11.6. The lowest BCUT2D eigenvalue weighted by atomic mass is 10.4. The molecule has 0 saturated heterocycles. The van der Waals surface area contributed by atoms with Crippen molar-refractivity contribution in [2.45, 2.75) is 19.8 Å². The van der Waals surface area contributed by atoms with Gasteiger partial charge in [-0.2, -0.15) is 0 Å². The Labute approximate surface area is 85.5 Å². The van der Waals surface area contributed by atoms with Crippen LogP contribution < -0.4 is 10.3 Å². The summed E-state index contributed by atoms with van der Waals surface area (Å²) in [5.41, 5.74) is 0.132. The van der Waals surface area contributed by atoms with Crippen LogP contribution in [0.3, 0.4) is 0 Å². The third-order valence-corrected chi connectivity index (χ3v) is 1.75. The maximum atomic E-state index is 12.5. The van der Waals surface area contributed by atoms with E-state index < -0.39 is 12.5 Å². The first-order chi connectivity index (χ1) is 6.81. The van der Waals surface area contributed by atoms with Gasteiger partial charge in [0.05, 0.1) is 0 Å². The van der Waals surface area contributed by atoms with E-state index in [1.807, 2.05) is 0 Å². The molecule has 0 aliphatic rings. The maximum Gasteiger partial charge on any atom is 0.299 e. The molecule has 0 aromatic carbocycles. The molecule has 84 valence electrons. The van der Waals surface area contributed by atoms with Gasteiger partial charge in [-0.15, -0.1) is 0 Å². The number of halogens is 2. The number of alkyl halides is 2. The molecule has 4 nitrogen and oxygen atoms in total. The van der Waals surface area contributed by atoms with Gasteiger partial charge in [0.2, 0.25) is 0 Å². The van der Waals surface area contributed by atoms with E-state index in [-0.39, 0.29) is 11.6 Å². The van der Waals surface area contributed by atoms with Gasteiger partial charge in [-0.1, -0.05) is 0 Å². The Hall–Kier alpha value is -1.46. The molecule has 0 fully saturated rings. The van der Waals surface area contributed by atoms with E-state index in [4.69, 9.17) is 4.74 Å². The topological polar surface area (TPSA) is 44.1 Å². The molecule has 0 saturated carbocycles. The molecule has 0 aliphatic heterocycles. The number of hydrogen-bond acceptors (Lipinski definition) is 3. The third-order valence-electron chi connectivity index (χ3n) is 1.75. The van der Waals surface area contributed by atoms with E-state index in [9.17, 15) is 13.6 Å². The van der Waals surface area contributed by atoms with Crippen LogP contribution in [0.2, 0.25) is 0 Å². The Kier molecular flexibility index (Phi) is 3.06. The van der Waals surface area contributed by atoms with E-state index in [0.717, 1.165) is 11.5 Å². The second kappa shape index (κ2) is 3.96. The van der Waals surface area contributed by atoms with Crippen molar-refractivity contribution < 1.29 is 13.5 Å². The predicted molar refractivity (Wildman–Crippen MR) is 50.3 cm³/mol. The molecule has 0 spiro atoms. The van der Waals surface area contributed by atoms with Crippen molar-refractivity contribution in [3.63, 3.8) is 0 Å². The molecule has 1 heterocycles. The van der Waals surface area contributed by atoms with Crippen LogP contribution in [0, 0.1) is 6.92 Å². The van der Waals surface area contributed by atoms with Gasteiger partial charge in [0.25, 0.3) is 17.5 Å². The fourth-order valence-electron chi connectivity index (χ4n) is 0.971. The second-order valence-corrected chi connectivity index (χ2v) is 3.45. The van der Waals surface area contributed by atoms with Gasteiger partial charge in [-0.25, -0.2) is 13.8 Å². The molecule has 0 unspecified atom stereocenters. The molecule has 0 amide bonds. The van der Waals surface area contributed by atoms with Crippen molar-refractivity contribution in [1.29, 1.82) is 0 Å². The van der Waals surface area contributed by atoms with Crippen LogP contribution in [0.5, 0.6) is 6.01 Å². The average molecular weight is 218 g/mol. The van der Waals surface area contributed by atoms with Crippen LogP contribution >= 0.6 is 0 Å². The first-order valence-corrected chi connectivity index (χ1v) is 4.34. The summed E-state index contributed by atoms with van der Waals surface area (Å²) >= 11 is 0. The van der Waals surface area contributed by atoms with Crippen molar-refractivity contribution in [3.8, 4) is 6.01 Å². The lowest BCUT2D eigenvalue weighted by molar-refractivity contribution is -0.0268. The molecule has 1 aromatic heterocycles. The van der Waals surface area contributed by atoms with Crippen LogP contribution in [-0.2, 0) is 7.05 Å². The lowest BCUT2D eigenvalue weighted by Crippen LogP contribution is -2.27. The van der Waals surface area contributed by atoms with E-state index in [0.29, 0.717) is 5.56 Å². The molecule has 0 bridgehead atoms. The molecule has 0 atom stereocenters. The van der Waals surface area contributed by atoms with Crippen molar-refractivity contribution in [2.75, 3.05) is 6.61 Å². The fraction of sp³-hybridized carbons (Fsp3) is 0.556. The van der Waals surface area contributed by atoms with Gasteiger partial charge in [0.15, 0.2) is 6.61 Å². The van der Waals surface area contributed by atoms with Crippen LogP contribution in [0.25, 0.3) is 0 Å². The minimum atomic E-state index is -2.94. The molecular formula is C9H12F2N2O2. The number of nitrogens with zero attached hydrogens (tertiary/aromatic N) is 2. The molecule has 15 heavy (non-hydrogen) atoms. The second-order valence-electron chi connectivity index (χ2n) is 3.45. The van der Waals surface area contributed by atoms with Gasteiger partial charge in [0.1, 0.15) is 0 Å². The monoisotopic (exact) mass is 218 g/mol. The molecular weight excluding hydrogens is 206 g/mol. The molecule has 1 rings (SSSR count). The molecule has 0 aliphatic carbocycles. The third kappa shape index (κ3) is 3.00.